The Labute approximate surface area is 176 Å². The molecule has 0 aliphatic carbocycles. The molecule has 1 heterocycles. The van der Waals surface area contributed by atoms with E-state index in [0.29, 0.717) is 17.1 Å². The summed E-state index contributed by atoms with van der Waals surface area (Å²) in [7, 11) is 1.51. The Bertz CT molecular complexity index is 1050. The maximum Gasteiger partial charge on any atom is 0.416 e. The summed E-state index contributed by atoms with van der Waals surface area (Å²) in [4.78, 5) is 21.2. The smallest absolute Gasteiger partial charge is 0.416 e. The molecule has 0 spiro atoms. The molecule has 0 unspecified atom stereocenters. The summed E-state index contributed by atoms with van der Waals surface area (Å²) >= 11 is 0. The lowest BCUT2D eigenvalue weighted by atomic mass is 10.1. The third-order valence-corrected chi connectivity index (χ3v) is 4.19. The number of hydrogen-bond acceptors (Lipinski definition) is 4. The van der Waals surface area contributed by atoms with Gasteiger partial charge in [-0.3, -0.25) is 15.1 Å². The van der Waals surface area contributed by atoms with Crippen molar-refractivity contribution >= 4 is 17.6 Å². The number of methoxy groups -OCH3 is 1. The third-order valence-electron chi connectivity index (χ3n) is 4.19. The number of carbonyl (C=O) groups is 1. The molecule has 3 rings (SSSR count). The van der Waals surface area contributed by atoms with Crippen molar-refractivity contribution in [2.75, 3.05) is 12.4 Å². The highest BCUT2D eigenvalue weighted by molar-refractivity contribution is 6.10. The number of guanidine groups is 1. The van der Waals surface area contributed by atoms with E-state index in [4.69, 9.17) is 4.74 Å². The van der Waals surface area contributed by atoms with Crippen LogP contribution in [0, 0.1) is 0 Å². The van der Waals surface area contributed by atoms with E-state index < -0.39 is 17.6 Å². The Hall–Kier alpha value is -3.88. The van der Waals surface area contributed by atoms with Crippen molar-refractivity contribution in [1.29, 1.82) is 0 Å². The fourth-order valence-electron chi connectivity index (χ4n) is 2.63. The zero-order valence-electron chi connectivity index (χ0n) is 16.5. The molecule has 0 fully saturated rings. The molecule has 9 heteroatoms. The highest BCUT2D eigenvalue weighted by atomic mass is 19.4. The fourth-order valence-corrected chi connectivity index (χ4v) is 2.63. The van der Waals surface area contributed by atoms with Crippen LogP contribution in [0.25, 0.3) is 0 Å². The molecule has 31 heavy (non-hydrogen) atoms. The van der Waals surface area contributed by atoms with Gasteiger partial charge < -0.3 is 10.1 Å². The number of aliphatic imine (C=N–C) groups is 1. The lowest BCUT2D eigenvalue weighted by Gasteiger charge is -2.14. The summed E-state index contributed by atoms with van der Waals surface area (Å²) in [5.41, 5.74) is 0.448. The van der Waals surface area contributed by atoms with Gasteiger partial charge in [0.05, 0.1) is 30.6 Å². The summed E-state index contributed by atoms with van der Waals surface area (Å²) in [5.74, 6) is 0.00718. The van der Waals surface area contributed by atoms with E-state index >= 15 is 0 Å². The predicted molar refractivity (Wildman–Crippen MR) is 111 cm³/mol. The largest absolute Gasteiger partial charge is 0.495 e. The van der Waals surface area contributed by atoms with Crippen LogP contribution < -0.4 is 15.4 Å². The number of amides is 1. The lowest BCUT2D eigenvalue weighted by Crippen LogP contribution is -2.36. The quantitative estimate of drug-likeness (QED) is 0.463. The Balaban J connectivity index is 1.82. The van der Waals surface area contributed by atoms with Gasteiger partial charge in [0.1, 0.15) is 5.75 Å². The Morgan fingerprint density at radius 1 is 1.03 bits per heavy atom. The third kappa shape index (κ3) is 6.05. The molecular weight excluding hydrogens is 409 g/mol. The number of hydrogen-bond donors (Lipinski definition) is 2. The van der Waals surface area contributed by atoms with Crippen LogP contribution in [0.1, 0.15) is 21.6 Å². The summed E-state index contributed by atoms with van der Waals surface area (Å²) in [6, 6.07) is 16.3. The van der Waals surface area contributed by atoms with E-state index in [-0.39, 0.29) is 18.1 Å². The first kappa shape index (κ1) is 21.8. The topological polar surface area (TPSA) is 75.6 Å². The number of para-hydroxylation sites is 2. The first-order valence-corrected chi connectivity index (χ1v) is 9.20. The van der Waals surface area contributed by atoms with Gasteiger partial charge in [-0.2, -0.15) is 13.2 Å². The second-order valence-corrected chi connectivity index (χ2v) is 6.34. The minimum absolute atomic E-state index is 0.0559. The molecule has 2 aromatic carbocycles. The van der Waals surface area contributed by atoms with Gasteiger partial charge in [-0.05, 0) is 48.5 Å². The van der Waals surface area contributed by atoms with Crippen LogP contribution in [-0.4, -0.2) is 24.0 Å². The molecule has 2 N–H and O–H groups in total. The molecule has 0 bridgehead atoms. The van der Waals surface area contributed by atoms with E-state index in [1.54, 1.807) is 42.6 Å². The number of anilines is 1. The normalized spacial score (nSPS) is 11.7. The van der Waals surface area contributed by atoms with Crippen molar-refractivity contribution in [3.05, 3.63) is 89.7 Å². The van der Waals surface area contributed by atoms with Gasteiger partial charge in [0.2, 0.25) is 5.96 Å². The number of nitrogens with one attached hydrogen (secondary N) is 2. The van der Waals surface area contributed by atoms with Gasteiger partial charge in [-0.25, -0.2) is 4.99 Å². The SMILES string of the molecule is COc1ccccc1NC(=NCc1ccccn1)NC(=O)c1ccc(C(F)(F)F)cc1. The molecule has 1 aromatic heterocycles. The second-order valence-electron chi connectivity index (χ2n) is 6.34. The molecule has 1 amide bonds. The molecule has 3 aromatic rings. The summed E-state index contributed by atoms with van der Waals surface area (Å²) in [5, 5.41) is 5.59. The number of alkyl halides is 3. The van der Waals surface area contributed by atoms with Crippen molar-refractivity contribution in [3.8, 4) is 5.75 Å². The van der Waals surface area contributed by atoms with Gasteiger partial charge in [0.25, 0.3) is 5.91 Å². The number of benzene rings is 2. The standard InChI is InChI=1S/C22H19F3N4O2/c1-31-19-8-3-2-7-18(19)28-21(27-14-17-6-4-5-13-26-17)29-20(30)15-9-11-16(12-10-15)22(23,24)25/h2-13H,14H2,1H3,(H2,27,28,29,30). The van der Waals surface area contributed by atoms with E-state index in [2.05, 4.69) is 20.6 Å². The Morgan fingerprint density at radius 3 is 2.39 bits per heavy atom. The number of ether oxygens (including phenoxy) is 1. The molecule has 6 nitrogen and oxygen atoms in total. The fraction of sp³-hybridized carbons (Fsp3) is 0.136. The number of pyridine rings is 1. The molecule has 160 valence electrons. The monoisotopic (exact) mass is 428 g/mol. The van der Waals surface area contributed by atoms with Crippen LogP contribution in [0.15, 0.2) is 77.9 Å². The van der Waals surface area contributed by atoms with Crippen LogP contribution >= 0.6 is 0 Å². The van der Waals surface area contributed by atoms with E-state index in [1.165, 1.54) is 7.11 Å². The first-order valence-electron chi connectivity index (χ1n) is 9.20. The van der Waals surface area contributed by atoms with Crippen molar-refractivity contribution in [2.45, 2.75) is 12.7 Å². The predicted octanol–water partition coefficient (Wildman–Crippen LogP) is 4.51. The summed E-state index contributed by atoms with van der Waals surface area (Å²) < 4.78 is 43.6. The van der Waals surface area contributed by atoms with E-state index in [1.807, 2.05) is 6.07 Å². The number of halogens is 3. The number of rotatable bonds is 5. The molecule has 0 atom stereocenters. The van der Waals surface area contributed by atoms with Crippen LogP contribution in [0.2, 0.25) is 0 Å². The second kappa shape index (κ2) is 9.75. The van der Waals surface area contributed by atoms with Crippen molar-refractivity contribution in [2.24, 2.45) is 4.99 Å². The van der Waals surface area contributed by atoms with E-state index in [9.17, 15) is 18.0 Å². The molecular formula is C22H19F3N4O2. The van der Waals surface area contributed by atoms with Gasteiger partial charge in [-0.15, -0.1) is 0 Å². The molecule has 0 aliphatic heterocycles. The van der Waals surface area contributed by atoms with Gasteiger partial charge >= 0.3 is 6.18 Å². The zero-order valence-corrected chi connectivity index (χ0v) is 16.5. The molecule has 0 radical (unpaired) electrons. The number of carbonyl (C=O) groups excluding carboxylic acids is 1. The lowest BCUT2D eigenvalue weighted by molar-refractivity contribution is -0.137. The minimum Gasteiger partial charge on any atom is -0.495 e. The highest BCUT2D eigenvalue weighted by Gasteiger charge is 2.30. The maximum atomic E-state index is 12.8. The Kier molecular flexibility index (Phi) is 6.86. The number of nitrogens with zero attached hydrogens (tertiary/aromatic N) is 2. The van der Waals surface area contributed by atoms with Crippen LogP contribution in [0.3, 0.4) is 0 Å². The maximum absolute atomic E-state index is 12.8. The minimum atomic E-state index is -4.48. The van der Waals surface area contributed by atoms with Gasteiger partial charge in [0, 0.05) is 11.8 Å². The summed E-state index contributed by atoms with van der Waals surface area (Å²) in [6.07, 6.45) is -2.85. The average Bonchev–Trinajstić information content (AvgIpc) is 2.78. The van der Waals surface area contributed by atoms with Crippen LogP contribution in [0.4, 0.5) is 18.9 Å². The average molecular weight is 428 g/mol. The van der Waals surface area contributed by atoms with Crippen molar-refractivity contribution < 1.29 is 22.7 Å². The first-order chi connectivity index (χ1) is 14.9. The molecule has 0 aliphatic rings. The Morgan fingerprint density at radius 2 is 1.74 bits per heavy atom. The zero-order chi connectivity index (χ0) is 22.3. The number of aromatic nitrogens is 1. The van der Waals surface area contributed by atoms with E-state index in [0.717, 1.165) is 24.3 Å². The highest BCUT2D eigenvalue weighted by Crippen LogP contribution is 2.29. The van der Waals surface area contributed by atoms with Crippen molar-refractivity contribution in [1.82, 2.24) is 10.3 Å². The van der Waals surface area contributed by atoms with Crippen molar-refractivity contribution in [3.63, 3.8) is 0 Å². The molecule has 0 saturated carbocycles. The van der Waals surface area contributed by atoms with Gasteiger partial charge in [0.15, 0.2) is 0 Å². The summed E-state index contributed by atoms with van der Waals surface area (Å²) in [6.45, 7) is 0.172. The van der Waals surface area contributed by atoms with Gasteiger partial charge in [-0.1, -0.05) is 18.2 Å². The van der Waals surface area contributed by atoms with Crippen LogP contribution in [-0.2, 0) is 12.7 Å². The van der Waals surface area contributed by atoms with Crippen LogP contribution in [0.5, 0.6) is 5.75 Å². The molecule has 0 saturated heterocycles.